The molecule has 2 aromatic carbocycles. The van der Waals surface area contributed by atoms with Crippen LogP contribution in [0.15, 0.2) is 54.9 Å². The Bertz CT molecular complexity index is 1030. The number of aromatic nitrogens is 2. The number of hydrogen-bond donors (Lipinski definition) is 5. The number of rotatable bonds is 5. The third-order valence-electron chi connectivity index (χ3n) is 5.29. The number of fused-ring (bicyclic) bond motifs is 1. The highest BCUT2D eigenvalue weighted by atomic mass is 19.1. The van der Waals surface area contributed by atoms with E-state index in [0.717, 1.165) is 5.69 Å². The number of aliphatic hydroxyl groups is 1. The Labute approximate surface area is 173 Å². The molecule has 0 fully saturated rings. The maximum Gasteiger partial charge on any atom is 0.159 e. The Morgan fingerprint density at radius 2 is 1.93 bits per heavy atom. The Balaban J connectivity index is 1.77. The van der Waals surface area contributed by atoms with Crippen LogP contribution in [0.25, 0.3) is 0 Å². The third-order valence-corrected chi connectivity index (χ3v) is 5.29. The number of hydrogen-bond acceptors (Lipinski definition) is 8. The van der Waals surface area contributed by atoms with Gasteiger partial charge in [-0.15, -0.1) is 0 Å². The van der Waals surface area contributed by atoms with Crippen molar-refractivity contribution in [3.8, 4) is 0 Å². The van der Waals surface area contributed by atoms with E-state index in [1.165, 1.54) is 12.4 Å². The van der Waals surface area contributed by atoms with Crippen LogP contribution in [0.2, 0.25) is 0 Å². The summed E-state index contributed by atoms with van der Waals surface area (Å²) in [5, 5.41) is 17.9. The molecule has 9 heteroatoms. The number of anilines is 5. The minimum absolute atomic E-state index is 0.186. The van der Waals surface area contributed by atoms with Crippen molar-refractivity contribution in [2.75, 3.05) is 27.0 Å². The second-order valence-electron chi connectivity index (χ2n) is 7.09. The van der Waals surface area contributed by atoms with Crippen LogP contribution in [0.4, 0.5) is 33.1 Å². The summed E-state index contributed by atoms with van der Waals surface area (Å²) >= 11 is 0. The van der Waals surface area contributed by atoms with Gasteiger partial charge in [0.2, 0.25) is 0 Å². The molecule has 1 aliphatic heterocycles. The van der Waals surface area contributed by atoms with E-state index < -0.39 is 18.2 Å². The Morgan fingerprint density at radius 1 is 1.17 bits per heavy atom. The van der Waals surface area contributed by atoms with E-state index in [2.05, 4.69) is 20.6 Å². The molecule has 0 aliphatic carbocycles. The number of nitrogens with two attached hydrogens (primary N) is 2. The molecule has 0 spiro atoms. The fraction of sp³-hybridized carbons (Fsp3) is 0.238. The number of para-hydroxylation sites is 1. The first-order valence-corrected chi connectivity index (χ1v) is 9.70. The van der Waals surface area contributed by atoms with Crippen molar-refractivity contribution in [1.29, 1.82) is 0 Å². The largest absolute Gasteiger partial charge is 0.393 e. The lowest BCUT2D eigenvalue weighted by Crippen LogP contribution is -2.56. The van der Waals surface area contributed by atoms with E-state index >= 15 is 0 Å². The molecule has 1 aromatic heterocycles. The van der Waals surface area contributed by atoms with Crippen molar-refractivity contribution in [2.45, 2.75) is 31.8 Å². The Hall–Kier alpha value is -3.59. The number of benzene rings is 2. The summed E-state index contributed by atoms with van der Waals surface area (Å²) in [6, 6.07) is 13.8. The summed E-state index contributed by atoms with van der Waals surface area (Å²) in [6.07, 6.45) is 0.376. The zero-order chi connectivity index (χ0) is 21.3. The molecule has 3 aromatic rings. The predicted molar refractivity (Wildman–Crippen MR) is 116 cm³/mol. The molecule has 2 unspecified atom stereocenters. The van der Waals surface area contributed by atoms with Gasteiger partial charge >= 0.3 is 0 Å². The van der Waals surface area contributed by atoms with E-state index in [-0.39, 0.29) is 23.1 Å². The van der Waals surface area contributed by atoms with E-state index in [4.69, 9.17) is 11.5 Å². The maximum atomic E-state index is 14.6. The first kappa shape index (κ1) is 19.7. The van der Waals surface area contributed by atoms with Crippen molar-refractivity contribution in [1.82, 2.24) is 9.97 Å². The normalized spacial score (nSPS) is 19.0. The molecular weight excluding hydrogens is 385 g/mol. The first-order chi connectivity index (χ1) is 14.5. The quantitative estimate of drug-likeness (QED) is 0.436. The summed E-state index contributed by atoms with van der Waals surface area (Å²) in [6.45, 7) is 2.00. The standard InChI is InChI=1S/C21H24FN7O/c1-2-14(27-19-17(23)18(24)25-11-26-19)20-28-15-10-6-9-13(22)16(15)21(30)29(20)12-7-4-3-5-8-12/h3-11,14,20-21,28,30H,2,23H2,1H3,(H3,24,25,26,27)/t14-,20?,21?/m0/s1. The number of nitrogen functional groups attached to an aromatic ring is 2. The van der Waals surface area contributed by atoms with Gasteiger partial charge in [-0.2, -0.15) is 0 Å². The van der Waals surface area contributed by atoms with Crippen molar-refractivity contribution in [3.05, 3.63) is 66.2 Å². The number of halogens is 1. The van der Waals surface area contributed by atoms with Gasteiger partial charge < -0.3 is 32.1 Å². The van der Waals surface area contributed by atoms with Gasteiger partial charge in [0.1, 0.15) is 24.0 Å². The maximum absolute atomic E-state index is 14.6. The molecule has 156 valence electrons. The molecule has 0 radical (unpaired) electrons. The van der Waals surface area contributed by atoms with Gasteiger partial charge in [-0.3, -0.25) is 0 Å². The van der Waals surface area contributed by atoms with Crippen LogP contribution in [0.1, 0.15) is 25.1 Å². The second kappa shape index (κ2) is 8.03. The fourth-order valence-electron chi connectivity index (χ4n) is 3.75. The lowest BCUT2D eigenvalue weighted by molar-refractivity contribution is 0.150. The summed E-state index contributed by atoms with van der Waals surface area (Å²) in [5.74, 6) is 0.121. The van der Waals surface area contributed by atoms with Crippen LogP contribution in [0.3, 0.4) is 0 Å². The third kappa shape index (κ3) is 3.43. The molecule has 4 rings (SSSR count). The van der Waals surface area contributed by atoms with Crippen LogP contribution in [-0.4, -0.2) is 27.3 Å². The number of nitrogens with zero attached hydrogens (tertiary/aromatic N) is 3. The highest BCUT2D eigenvalue weighted by Gasteiger charge is 2.39. The smallest absolute Gasteiger partial charge is 0.159 e. The second-order valence-corrected chi connectivity index (χ2v) is 7.09. The van der Waals surface area contributed by atoms with E-state index in [1.54, 1.807) is 17.0 Å². The molecule has 0 saturated carbocycles. The van der Waals surface area contributed by atoms with Gasteiger partial charge in [0.05, 0.1) is 11.6 Å². The lowest BCUT2D eigenvalue weighted by Gasteiger charge is -2.46. The highest BCUT2D eigenvalue weighted by molar-refractivity contribution is 5.73. The van der Waals surface area contributed by atoms with Crippen molar-refractivity contribution in [3.63, 3.8) is 0 Å². The lowest BCUT2D eigenvalue weighted by atomic mass is 10.00. The Morgan fingerprint density at radius 3 is 2.67 bits per heavy atom. The molecule has 30 heavy (non-hydrogen) atoms. The molecule has 3 atom stereocenters. The van der Waals surface area contributed by atoms with Crippen LogP contribution < -0.4 is 27.0 Å². The average Bonchev–Trinajstić information content (AvgIpc) is 2.75. The molecule has 1 aliphatic rings. The van der Waals surface area contributed by atoms with Gasteiger partial charge in [0, 0.05) is 11.4 Å². The van der Waals surface area contributed by atoms with Crippen LogP contribution >= 0.6 is 0 Å². The summed E-state index contributed by atoms with van der Waals surface area (Å²) in [5.41, 5.74) is 13.6. The van der Waals surface area contributed by atoms with Gasteiger partial charge in [-0.25, -0.2) is 14.4 Å². The summed E-state index contributed by atoms with van der Waals surface area (Å²) < 4.78 is 14.6. The van der Waals surface area contributed by atoms with Gasteiger partial charge in [0.15, 0.2) is 17.9 Å². The minimum Gasteiger partial charge on any atom is -0.393 e. The van der Waals surface area contributed by atoms with Crippen molar-refractivity contribution in [2.24, 2.45) is 0 Å². The van der Waals surface area contributed by atoms with Crippen LogP contribution in [0.5, 0.6) is 0 Å². The molecule has 0 bridgehead atoms. The van der Waals surface area contributed by atoms with Gasteiger partial charge in [-0.05, 0) is 30.7 Å². The number of aliphatic hydroxyl groups excluding tert-OH is 1. The predicted octanol–water partition coefficient (Wildman–Crippen LogP) is 2.92. The van der Waals surface area contributed by atoms with E-state index in [1.807, 2.05) is 37.3 Å². The SMILES string of the molecule is CC[C@H](Nc1ncnc(N)c1N)C1Nc2cccc(F)c2C(O)N1c1ccccc1. The summed E-state index contributed by atoms with van der Waals surface area (Å²) in [4.78, 5) is 9.84. The molecule has 0 saturated heterocycles. The topological polar surface area (TPSA) is 125 Å². The van der Waals surface area contributed by atoms with Gasteiger partial charge in [-0.1, -0.05) is 31.2 Å². The molecular formula is C21H24FN7O. The average molecular weight is 409 g/mol. The monoisotopic (exact) mass is 409 g/mol. The minimum atomic E-state index is -1.18. The fourth-order valence-corrected chi connectivity index (χ4v) is 3.75. The first-order valence-electron chi connectivity index (χ1n) is 9.70. The molecule has 2 heterocycles. The zero-order valence-electron chi connectivity index (χ0n) is 16.5. The zero-order valence-corrected chi connectivity index (χ0v) is 16.5. The molecule has 8 nitrogen and oxygen atoms in total. The summed E-state index contributed by atoms with van der Waals surface area (Å²) in [7, 11) is 0. The number of nitrogens with one attached hydrogen (secondary N) is 2. The molecule has 7 N–H and O–H groups in total. The van der Waals surface area contributed by atoms with Crippen molar-refractivity contribution < 1.29 is 9.50 Å². The molecule has 0 amide bonds. The van der Waals surface area contributed by atoms with E-state index in [0.29, 0.717) is 17.9 Å². The Kier molecular flexibility index (Phi) is 5.28. The van der Waals surface area contributed by atoms with Gasteiger partial charge in [0.25, 0.3) is 0 Å². The van der Waals surface area contributed by atoms with E-state index in [9.17, 15) is 9.50 Å². The highest BCUT2D eigenvalue weighted by Crippen LogP contribution is 2.39. The van der Waals surface area contributed by atoms with Crippen LogP contribution in [-0.2, 0) is 0 Å². The van der Waals surface area contributed by atoms with Crippen LogP contribution in [0, 0.1) is 5.82 Å². The van der Waals surface area contributed by atoms with Crippen molar-refractivity contribution >= 4 is 28.7 Å².